The summed E-state index contributed by atoms with van der Waals surface area (Å²) in [5.41, 5.74) is 1.34. The Hall–Kier alpha value is -2.02. The van der Waals surface area contributed by atoms with Gasteiger partial charge < -0.3 is 14.6 Å². The van der Waals surface area contributed by atoms with Crippen molar-refractivity contribution in [2.45, 2.75) is 25.3 Å². The number of amides is 2. The monoisotopic (exact) mass is 336 g/mol. The quantitative estimate of drug-likeness (QED) is 0.934. The fourth-order valence-corrected chi connectivity index (χ4v) is 4.06. The maximum absolute atomic E-state index is 12.5. The summed E-state index contributed by atoms with van der Waals surface area (Å²) in [6.45, 7) is 0.578. The number of rotatable bonds is 3. The van der Waals surface area contributed by atoms with Crippen LogP contribution in [0, 0.1) is 0 Å². The van der Waals surface area contributed by atoms with E-state index in [1.165, 1.54) is 6.26 Å². The van der Waals surface area contributed by atoms with E-state index in [0.29, 0.717) is 17.8 Å². The van der Waals surface area contributed by atoms with Gasteiger partial charge in [0.25, 0.3) is 0 Å². The van der Waals surface area contributed by atoms with Gasteiger partial charge in [0.2, 0.25) is 0 Å². The molecule has 2 amide bonds. The lowest BCUT2D eigenvalue weighted by Gasteiger charge is -2.35. The first-order chi connectivity index (χ1) is 10.9. The molecule has 0 spiro atoms. The van der Waals surface area contributed by atoms with Crippen LogP contribution in [0.15, 0.2) is 34.9 Å². The maximum Gasteiger partial charge on any atom is 0.322 e. The van der Waals surface area contributed by atoms with Crippen LogP contribution >= 0.6 is 0 Å². The Bertz CT molecular complexity index is 812. The average Bonchev–Trinajstić information content (AvgIpc) is 2.93. The van der Waals surface area contributed by atoms with Gasteiger partial charge in [-0.15, -0.1) is 0 Å². The Kier molecular flexibility index (Phi) is 4.30. The molecule has 1 unspecified atom stereocenters. The molecule has 1 atom stereocenters. The number of carbonyl (C=O) groups is 1. The molecule has 0 radical (unpaired) electrons. The number of anilines is 1. The van der Waals surface area contributed by atoms with Crippen molar-refractivity contribution in [3.63, 3.8) is 0 Å². The van der Waals surface area contributed by atoms with E-state index in [1.807, 2.05) is 18.2 Å². The smallest absolute Gasteiger partial charge is 0.322 e. The van der Waals surface area contributed by atoms with E-state index in [2.05, 4.69) is 5.32 Å². The molecule has 1 aliphatic heterocycles. The van der Waals surface area contributed by atoms with E-state index in [0.717, 1.165) is 24.6 Å². The highest BCUT2D eigenvalue weighted by Crippen LogP contribution is 2.23. The average molecular weight is 336 g/mol. The zero-order valence-corrected chi connectivity index (χ0v) is 13.8. The molecule has 1 aromatic heterocycles. The second-order valence-electron chi connectivity index (χ2n) is 6.04. The first-order valence-electron chi connectivity index (χ1n) is 7.65. The third kappa shape index (κ3) is 3.85. The van der Waals surface area contributed by atoms with E-state index in [-0.39, 0.29) is 17.8 Å². The van der Waals surface area contributed by atoms with Crippen LogP contribution in [-0.4, -0.2) is 43.9 Å². The van der Waals surface area contributed by atoms with Crippen molar-refractivity contribution in [3.8, 4) is 0 Å². The maximum atomic E-state index is 12.5. The van der Waals surface area contributed by atoms with Gasteiger partial charge in [0, 0.05) is 36.0 Å². The molecule has 23 heavy (non-hydrogen) atoms. The minimum absolute atomic E-state index is 0.0115. The van der Waals surface area contributed by atoms with Gasteiger partial charge in [-0.1, -0.05) is 0 Å². The van der Waals surface area contributed by atoms with Crippen molar-refractivity contribution in [2.75, 3.05) is 23.9 Å². The van der Waals surface area contributed by atoms with E-state index in [9.17, 15) is 13.2 Å². The van der Waals surface area contributed by atoms with Gasteiger partial charge in [-0.2, -0.15) is 0 Å². The van der Waals surface area contributed by atoms with Crippen LogP contribution in [0.25, 0.3) is 11.0 Å². The van der Waals surface area contributed by atoms with Crippen molar-refractivity contribution in [2.24, 2.45) is 0 Å². The molecule has 0 aliphatic carbocycles. The van der Waals surface area contributed by atoms with Gasteiger partial charge in [0.1, 0.15) is 15.4 Å². The Morgan fingerprint density at radius 3 is 2.96 bits per heavy atom. The lowest BCUT2D eigenvalue weighted by Crippen LogP contribution is -2.48. The van der Waals surface area contributed by atoms with E-state index < -0.39 is 9.84 Å². The number of likely N-dealkylation sites (tertiary alicyclic amines) is 1. The molecule has 2 heterocycles. The minimum Gasteiger partial charge on any atom is -0.464 e. The van der Waals surface area contributed by atoms with Crippen LogP contribution in [-0.2, 0) is 9.84 Å². The predicted octanol–water partition coefficient (Wildman–Crippen LogP) is 2.86. The van der Waals surface area contributed by atoms with Gasteiger partial charge in [-0.05, 0) is 37.5 Å². The summed E-state index contributed by atoms with van der Waals surface area (Å²) in [5.74, 6) is 0.0115. The van der Waals surface area contributed by atoms with Crippen molar-refractivity contribution in [1.82, 2.24) is 4.90 Å². The number of piperidine rings is 1. The molecule has 7 heteroatoms. The summed E-state index contributed by atoms with van der Waals surface area (Å²) in [4.78, 5) is 14.2. The van der Waals surface area contributed by atoms with Crippen molar-refractivity contribution >= 4 is 32.5 Å². The lowest BCUT2D eigenvalue weighted by molar-refractivity contribution is 0.171. The lowest BCUT2D eigenvalue weighted by atomic mass is 10.0. The topological polar surface area (TPSA) is 79.6 Å². The molecule has 1 aliphatic rings. The zero-order valence-electron chi connectivity index (χ0n) is 13.0. The highest BCUT2D eigenvalue weighted by molar-refractivity contribution is 7.90. The summed E-state index contributed by atoms with van der Waals surface area (Å²) in [5, 5.41) is 3.81. The second-order valence-corrected chi connectivity index (χ2v) is 8.22. The molecular formula is C16H20N2O4S. The normalized spacial score (nSPS) is 19.0. The molecule has 3 rings (SSSR count). The third-order valence-electron chi connectivity index (χ3n) is 4.09. The summed E-state index contributed by atoms with van der Waals surface area (Å²) in [6, 6.07) is 6.79. The molecule has 1 N–H and O–H groups in total. The number of urea groups is 1. The van der Waals surface area contributed by atoms with E-state index in [1.54, 1.807) is 17.2 Å². The molecule has 1 fully saturated rings. The first kappa shape index (κ1) is 15.9. The Morgan fingerprint density at radius 1 is 1.35 bits per heavy atom. The van der Waals surface area contributed by atoms with Gasteiger partial charge in [0.15, 0.2) is 0 Å². The number of furan rings is 1. The molecule has 1 saturated heterocycles. The van der Waals surface area contributed by atoms with Crippen LogP contribution in [0.4, 0.5) is 10.5 Å². The molecule has 6 nitrogen and oxygen atoms in total. The van der Waals surface area contributed by atoms with Crippen molar-refractivity contribution in [1.29, 1.82) is 0 Å². The van der Waals surface area contributed by atoms with Crippen LogP contribution in [0.3, 0.4) is 0 Å². The largest absolute Gasteiger partial charge is 0.464 e. The van der Waals surface area contributed by atoms with Crippen molar-refractivity contribution in [3.05, 3.63) is 30.5 Å². The summed E-state index contributed by atoms with van der Waals surface area (Å²) in [7, 11) is -3.12. The minimum atomic E-state index is -3.12. The van der Waals surface area contributed by atoms with Gasteiger partial charge in [0.05, 0.1) is 12.0 Å². The van der Waals surface area contributed by atoms with Crippen molar-refractivity contribution < 1.29 is 17.6 Å². The fraction of sp³-hybridized carbons (Fsp3) is 0.438. The number of benzene rings is 1. The predicted molar refractivity (Wildman–Crippen MR) is 89.3 cm³/mol. The van der Waals surface area contributed by atoms with Crippen LogP contribution < -0.4 is 5.32 Å². The molecule has 1 aromatic carbocycles. The van der Waals surface area contributed by atoms with Crippen LogP contribution in [0.5, 0.6) is 0 Å². The number of nitrogens with zero attached hydrogens (tertiary/aromatic N) is 1. The standard InChI is InChI=1S/C16H20N2O4S/c1-23(20,21)11-14-4-2-3-8-18(14)16(19)17-13-6-5-12-7-9-22-15(12)10-13/h5-7,9-10,14H,2-4,8,11H2,1H3,(H,17,19). The van der Waals surface area contributed by atoms with Gasteiger partial charge in [-0.25, -0.2) is 13.2 Å². The molecule has 2 aromatic rings. The Labute approximate surface area is 135 Å². The fourth-order valence-electron chi connectivity index (χ4n) is 3.02. The SMILES string of the molecule is CS(=O)(=O)CC1CCCCN1C(=O)Nc1ccc2ccoc2c1. The summed E-state index contributed by atoms with van der Waals surface area (Å²) in [6.07, 6.45) is 5.37. The third-order valence-corrected chi connectivity index (χ3v) is 5.08. The number of hydrogen-bond donors (Lipinski definition) is 1. The number of sulfone groups is 1. The Balaban J connectivity index is 1.74. The molecule has 0 bridgehead atoms. The first-order valence-corrected chi connectivity index (χ1v) is 9.71. The van der Waals surface area contributed by atoms with Gasteiger partial charge >= 0.3 is 6.03 Å². The number of fused-ring (bicyclic) bond motifs is 1. The van der Waals surface area contributed by atoms with Crippen LogP contribution in [0.1, 0.15) is 19.3 Å². The van der Waals surface area contributed by atoms with Gasteiger partial charge in [-0.3, -0.25) is 0 Å². The molecule has 124 valence electrons. The number of nitrogens with one attached hydrogen (secondary N) is 1. The van der Waals surface area contributed by atoms with Crippen LogP contribution in [0.2, 0.25) is 0 Å². The summed E-state index contributed by atoms with van der Waals surface area (Å²) >= 11 is 0. The Morgan fingerprint density at radius 2 is 2.17 bits per heavy atom. The highest BCUT2D eigenvalue weighted by atomic mass is 32.2. The summed E-state index contributed by atoms with van der Waals surface area (Å²) < 4.78 is 28.5. The highest BCUT2D eigenvalue weighted by Gasteiger charge is 2.29. The van der Waals surface area contributed by atoms with E-state index >= 15 is 0 Å². The van der Waals surface area contributed by atoms with E-state index in [4.69, 9.17) is 4.42 Å². The number of carbonyl (C=O) groups excluding carboxylic acids is 1. The molecule has 0 saturated carbocycles. The molecular weight excluding hydrogens is 316 g/mol. The zero-order chi connectivity index (χ0) is 16.4. The number of hydrogen-bond acceptors (Lipinski definition) is 4. The second kappa shape index (κ2) is 6.23.